The van der Waals surface area contributed by atoms with Crippen molar-refractivity contribution >= 4 is 27.5 Å². The first kappa shape index (κ1) is 20.6. The highest BCUT2D eigenvalue weighted by atomic mass is 32.1. The SMILES string of the molecule is Cc1cccc(-c2noc(-c3sc4ncn(CC(=O)N5CCCCC5)c(=O)c4c3C)n2)c1. The van der Waals surface area contributed by atoms with Gasteiger partial charge >= 0.3 is 0 Å². The number of piperidine rings is 1. The Morgan fingerprint density at radius 2 is 2.00 bits per heavy atom. The summed E-state index contributed by atoms with van der Waals surface area (Å²) in [6.07, 6.45) is 4.63. The number of likely N-dealkylation sites (tertiary alicyclic amines) is 1. The molecule has 32 heavy (non-hydrogen) atoms. The summed E-state index contributed by atoms with van der Waals surface area (Å²) in [5, 5.41) is 4.61. The second kappa shape index (κ2) is 8.31. The second-order valence-corrected chi connectivity index (χ2v) is 9.15. The second-order valence-electron chi connectivity index (χ2n) is 8.15. The normalized spacial score (nSPS) is 14.2. The topological polar surface area (TPSA) is 94.1 Å². The largest absolute Gasteiger partial charge is 0.341 e. The molecular formula is C23H23N5O3S. The van der Waals surface area contributed by atoms with Crippen LogP contribution in [0.4, 0.5) is 0 Å². The zero-order valence-corrected chi connectivity index (χ0v) is 18.8. The number of hydrogen-bond donors (Lipinski definition) is 0. The maximum Gasteiger partial charge on any atom is 0.268 e. The quantitative estimate of drug-likeness (QED) is 0.470. The molecule has 1 amide bonds. The van der Waals surface area contributed by atoms with E-state index in [0.29, 0.717) is 21.9 Å². The Morgan fingerprint density at radius 3 is 2.78 bits per heavy atom. The first-order valence-corrected chi connectivity index (χ1v) is 11.5. The van der Waals surface area contributed by atoms with Crippen molar-refractivity contribution in [2.45, 2.75) is 39.7 Å². The summed E-state index contributed by atoms with van der Waals surface area (Å²) in [5.74, 6) is 0.816. The summed E-state index contributed by atoms with van der Waals surface area (Å²) < 4.78 is 6.92. The summed E-state index contributed by atoms with van der Waals surface area (Å²) in [5.41, 5.74) is 2.49. The fourth-order valence-electron chi connectivity index (χ4n) is 4.08. The van der Waals surface area contributed by atoms with Crippen LogP contribution in [0.3, 0.4) is 0 Å². The van der Waals surface area contributed by atoms with E-state index >= 15 is 0 Å². The van der Waals surface area contributed by atoms with E-state index in [1.165, 1.54) is 22.2 Å². The van der Waals surface area contributed by atoms with Gasteiger partial charge in [0, 0.05) is 18.7 Å². The van der Waals surface area contributed by atoms with E-state index in [1.54, 1.807) is 0 Å². The molecule has 1 fully saturated rings. The number of rotatable bonds is 4. The maximum absolute atomic E-state index is 13.2. The lowest BCUT2D eigenvalue weighted by molar-refractivity contribution is -0.132. The van der Waals surface area contributed by atoms with Crippen molar-refractivity contribution in [3.63, 3.8) is 0 Å². The Kier molecular flexibility index (Phi) is 5.34. The predicted molar refractivity (Wildman–Crippen MR) is 123 cm³/mol. The van der Waals surface area contributed by atoms with E-state index < -0.39 is 0 Å². The summed E-state index contributed by atoms with van der Waals surface area (Å²) >= 11 is 1.34. The number of carbonyl (C=O) groups excluding carboxylic acids is 1. The summed E-state index contributed by atoms with van der Waals surface area (Å²) in [4.78, 5) is 37.9. The zero-order valence-electron chi connectivity index (χ0n) is 18.0. The molecule has 164 valence electrons. The third-order valence-corrected chi connectivity index (χ3v) is 7.02. The van der Waals surface area contributed by atoms with Crippen molar-refractivity contribution in [1.82, 2.24) is 24.6 Å². The van der Waals surface area contributed by atoms with Gasteiger partial charge in [-0.25, -0.2) is 4.98 Å². The minimum Gasteiger partial charge on any atom is -0.341 e. The zero-order chi connectivity index (χ0) is 22.2. The first-order chi connectivity index (χ1) is 15.5. The van der Waals surface area contributed by atoms with Gasteiger partial charge in [-0.3, -0.25) is 14.2 Å². The molecule has 0 atom stereocenters. The van der Waals surface area contributed by atoms with Gasteiger partial charge in [0.15, 0.2) is 0 Å². The van der Waals surface area contributed by atoms with Crippen molar-refractivity contribution in [3.8, 4) is 22.2 Å². The van der Waals surface area contributed by atoms with E-state index in [0.717, 1.165) is 53.9 Å². The molecule has 0 bridgehead atoms. The van der Waals surface area contributed by atoms with E-state index in [4.69, 9.17) is 4.52 Å². The van der Waals surface area contributed by atoms with Crippen LogP contribution in [-0.2, 0) is 11.3 Å². The van der Waals surface area contributed by atoms with Crippen LogP contribution in [0.25, 0.3) is 32.4 Å². The molecule has 9 heteroatoms. The van der Waals surface area contributed by atoms with Crippen molar-refractivity contribution in [3.05, 3.63) is 52.1 Å². The Labute approximate surface area is 188 Å². The molecule has 4 aromatic rings. The van der Waals surface area contributed by atoms with Crippen molar-refractivity contribution in [2.75, 3.05) is 13.1 Å². The molecule has 0 saturated carbocycles. The number of hydrogen-bond acceptors (Lipinski definition) is 7. The van der Waals surface area contributed by atoms with E-state index in [1.807, 2.05) is 43.0 Å². The van der Waals surface area contributed by atoms with Crippen LogP contribution in [0.15, 0.2) is 39.9 Å². The van der Waals surface area contributed by atoms with Gasteiger partial charge in [-0.2, -0.15) is 4.98 Å². The number of nitrogens with zero attached hydrogens (tertiary/aromatic N) is 5. The third kappa shape index (κ3) is 3.73. The Morgan fingerprint density at radius 1 is 1.19 bits per heavy atom. The average Bonchev–Trinajstić information content (AvgIpc) is 3.41. The van der Waals surface area contributed by atoms with E-state index in [9.17, 15) is 9.59 Å². The Balaban J connectivity index is 1.47. The molecule has 1 aliphatic heterocycles. The van der Waals surface area contributed by atoms with Gasteiger partial charge in [-0.1, -0.05) is 28.9 Å². The predicted octanol–water partition coefficient (Wildman–Crippen LogP) is 3.80. The number of fused-ring (bicyclic) bond motifs is 1. The van der Waals surface area contributed by atoms with Crippen molar-refractivity contribution < 1.29 is 9.32 Å². The number of aromatic nitrogens is 4. The van der Waals surface area contributed by atoms with Gasteiger partial charge < -0.3 is 9.42 Å². The lowest BCUT2D eigenvalue weighted by atomic mass is 10.1. The molecule has 3 aromatic heterocycles. The molecule has 5 rings (SSSR count). The van der Waals surface area contributed by atoms with Crippen LogP contribution in [0, 0.1) is 13.8 Å². The lowest BCUT2D eigenvalue weighted by Gasteiger charge is -2.26. The molecule has 8 nitrogen and oxygen atoms in total. The van der Waals surface area contributed by atoms with Gasteiger partial charge in [0.2, 0.25) is 11.7 Å². The standard InChI is InChI=1S/C23H23N5O3S/c1-14-7-6-8-16(11-14)20-25-21(31-26-20)19-15(2)18-22(32-19)24-13-28(23(18)30)12-17(29)27-9-4-3-5-10-27/h6-8,11,13H,3-5,9-10,12H2,1-2H3. The fourth-order valence-corrected chi connectivity index (χ4v) is 5.14. The van der Waals surface area contributed by atoms with Gasteiger partial charge in [-0.05, 0) is 44.7 Å². The van der Waals surface area contributed by atoms with Gasteiger partial charge in [0.25, 0.3) is 11.4 Å². The number of thiophene rings is 1. The number of carbonyl (C=O) groups is 1. The van der Waals surface area contributed by atoms with Crippen LogP contribution < -0.4 is 5.56 Å². The summed E-state index contributed by atoms with van der Waals surface area (Å²) in [7, 11) is 0. The molecule has 0 aliphatic carbocycles. The highest BCUT2D eigenvalue weighted by Crippen LogP contribution is 2.35. The summed E-state index contributed by atoms with van der Waals surface area (Å²) in [6.45, 7) is 5.37. The van der Waals surface area contributed by atoms with Crippen molar-refractivity contribution in [1.29, 1.82) is 0 Å². The first-order valence-electron chi connectivity index (χ1n) is 10.7. The average molecular weight is 450 g/mol. The van der Waals surface area contributed by atoms with Crippen molar-refractivity contribution in [2.24, 2.45) is 0 Å². The molecule has 0 radical (unpaired) electrons. The van der Waals surface area contributed by atoms with E-state index in [-0.39, 0.29) is 18.0 Å². The number of amides is 1. The van der Waals surface area contributed by atoms with Crippen LogP contribution in [-0.4, -0.2) is 43.6 Å². The van der Waals surface area contributed by atoms with Gasteiger partial charge in [0.1, 0.15) is 11.4 Å². The molecular weight excluding hydrogens is 426 g/mol. The van der Waals surface area contributed by atoms with Crippen LogP contribution in [0.2, 0.25) is 0 Å². The number of aryl methyl sites for hydroxylation is 2. The van der Waals surface area contributed by atoms with E-state index in [2.05, 4.69) is 15.1 Å². The smallest absolute Gasteiger partial charge is 0.268 e. The molecule has 4 heterocycles. The number of benzene rings is 1. The fraction of sp³-hybridized carbons (Fsp3) is 0.348. The third-order valence-electron chi connectivity index (χ3n) is 5.83. The monoisotopic (exact) mass is 449 g/mol. The molecule has 1 aromatic carbocycles. The Bertz CT molecular complexity index is 1360. The minimum atomic E-state index is -0.223. The van der Waals surface area contributed by atoms with Gasteiger partial charge in [-0.15, -0.1) is 11.3 Å². The van der Waals surface area contributed by atoms with Crippen LogP contribution in [0.1, 0.15) is 30.4 Å². The maximum atomic E-state index is 13.2. The molecule has 1 saturated heterocycles. The molecule has 0 N–H and O–H groups in total. The van der Waals surface area contributed by atoms with Crippen LogP contribution in [0.5, 0.6) is 0 Å². The Hall–Kier alpha value is -3.33. The molecule has 0 spiro atoms. The minimum absolute atomic E-state index is 0.00442. The van der Waals surface area contributed by atoms with Crippen LogP contribution >= 0.6 is 11.3 Å². The molecule has 1 aliphatic rings. The molecule has 0 unspecified atom stereocenters. The highest BCUT2D eigenvalue weighted by molar-refractivity contribution is 7.22. The summed E-state index contributed by atoms with van der Waals surface area (Å²) in [6, 6.07) is 7.88. The highest BCUT2D eigenvalue weighted by Gasteiger charge is 2.22. The van der Waals surface area contributed by atoms with Gasteiger partial charge in [0.05, 0.1) is 16.6 Å². The lowest BCUT2D eigenvalue weighted by Crippen LogP contribution is -2.39.